The van der Waals surface area contributed by atoms with Gasteiger partial charge >= 0.3 is 0 Å². The molecule has 5 saturated heterocycles. The van der Waals surface area contributed by atoms with Crippen LogP contribution in [0.4, 0.5) is 0 Å². The number of aliphatic hydroxyl groups excluding tert-OH is 8. The standard InChI is InChI=1S/C44H70O16/c1-18-9-12-44(54-16-18)19(2)30-28(60-44)15-26-24-8-7-22-13-23(45)14-29(43(22,6)25(24)10-11-42(26,30)5)57-41-38(59-40-36(52)34(50)31(47)20(3)55-40)37(32(48)21(4)56-41)58-39-35(51)33(49)27(46)17-53-39/h7,18-21,23-41,45-52H,8-17H2,1-6H3/t18-,19+,20+,21-,23+,24-,25+,26+,27-,28+,29-,30+,31+,32+,33+,34-,35-,36-,37+,38-,39+,40+,41+,42+,43+,44-/m1/s1. The molecule has 4 aliphatic carbocycles. The second kappa shape index (κ2) is 16.2. The molecule has 16 nitrogen and oxygen atoms in total. The van der Waals surface area contributed by atoms with E-state index in [9.17, 15) is 40.9 Å². The summed E-state index contributed by atoms with van der Waals surface area (Å²) in [5, 5.41) is 86.8. The van der Waals surface area contributed by atoms with E-state index in [-0.39, 0.29) is 36.4 Å². The first kappa shape index (κ1) is 44.3. The highest BCUT2D eigenvalue weighted by Gasteiger charge is 2.69. The summed E-state index contributed by atoms with van der Waals surface area (Å²) in [5.74, 6) is 1.67. The molecule has 0 bridgehead atoms. The van der Waals surface area contributed by atoms with Gasteiger partial charge in [0.1, 0.15) is 54.9 Å². The van der Waals surface area contributed by atoms with Gasteiger partial charge in [-0.25, -0.2) is 0 Å². The van der Waals surface area contributed by atoms with E-state index in [0.717, 1.165) is 50.7 Å². The molecule has 9 rings (SSSR count). The van der Waals surface area contributed by atoms with Crippen molar-refractivity contribution in [2.45, 2.75) is 203 Å². The zero-order valence-corrected chi connectivity index (χ0v) is 35.8. The van der Waals surface area contributed by atoms with Crippen LogP contribution in [-0.2, 0) is 37.9 Å². The summed E-state index contributed by atoms with van der Waals surface area (Å²) in [7, 11) is 0. The van der Waals surface area contributed by atoms with Crippen molar-refractivity contribution in [3.05, 3.63) is 11.6 Å². The molecule has 26 atom stereocenters. The molecule has 1 spiro atoms. The highest BCUT2D eigenvalue weighted by atomic mass is 16.8. The topological polar surface area (TPSA) is 236 Å². The van der Waals surface area contributed by atoms with Crippen LogP contribution in [-0.4, -0.2) is 164 Å². The van der Waals surface area contributed by atoms with Crippen LogP contribution < -0.4 is 0 Å². The summed E-state index contributed by atoms with van der Waals surface area (Å²) < 4.78 is 51.1. The van der Waals surface area contributed by atoms with E-state index in [1.165, 1.54) is 6.92 Å². The average Bonchev–Trinajstić information content (AvgIpc) is 3.66. The van der Waals surface area contributed by atoms with E-state index in [4.69, 9.17) is 37.9 Å². The molecule has 8 fully saturated rings. The lowest BCUT2D eigenvalue weighted by Crippen LogP contribution is -2.66. The fraction of sp³-hybridized carbons (Fsp3) is 0.955. The van der Waals surface area contributed by atoms with Crippen LogP contribution in [0.25, 0.3) is 0 Å². The predicted molar refractivity (Wildman–Crippen MR) is 208 cm³/mol. The van der Waals surface area contributed by atoms with Gasteiger partial charge in [0.15, 0.2) is 24.7 Å². The van der Waals surface area contributed by atoms with Crippen molar-refractivity contribution in [2.75, 3.05) is 13.2 Å². The molecule has 9 aliphatic rings. The van der Waals surface area contributed by atoms with Gasteiger partial charge in [-0.2, -0.15) is 0 Å². The van der Waals surface area contributed by atoms with Gasteiger partial charge in [0, 0.05) is 24.2 Å². The van der Waals surface area contributed by atoms with Gasteiger partial charge in [-0.3, -0.25) is 0 Å². The third-order valence-electron chi connectivity index (χ3n) is 17.3. The van der Waals surface area contributed by atoms with E-state index in [1.54, 1.807) is 6.92 Å². The van der Waals surface area contributed by atoms with Crippen molar-refractivity contribution < 1.29 is 78.7 Å². The minimum absolute atomic E-state index is 0.0699. The molecule has 5 aliphatic heterocycles. The quantitative estimate of drug-likeness (QED) is 0.173. The second-order valence-electron chi connectivity index (χ2n) is 20.7. The Hall–Kier alpha value is -0.900. The lowest BCUT2D eigenvalue weighted by atomic mass is 9.46. The van der Waals surface area contributed by atoms with Crippen molar-refractivity contribution in [1.82, 2.24) is 0 Å². The third-order valence-corrected chi connectivity index (χ3v) is 17.3. The Balaban J connectivity index is 1.01. The van der Waals surface area contributed by atoms with Crippen LogP contribution in [0.1, 0.15) is 92.9 Å². The normalized spacial score (nSPS) is 59.2. The summed E-state index contributed by atoms with van der Waals surface area (Å²) in [4.78, 5) is 0. The number of fused-ring (bicyclic) bond motifs is 7. The van der Waals surface area contributed by atoms with Gasteiger partial charge in [-0.1, -0.05) is 39.3 Å². The number of ether oxygens (including phenoxy) is 8. The molecule has 5 heterocycles. The zero-order valence-electron chi connectivity index (χ0n) is 35.8. The third kappa shape index (κ3) is 7.01. The maximum Gasteiger partial charge on any atom is 0.187 e. The Bertz CT molecular complexity index is 1580. The molecule has 342 valence electrons. The summed E-state index contributed by atoms with van der Waals surface area (Å²) >= 11 is 0. The van der Waals surface area contributed by atoms with Crippen LogP contribution in [0.2, 0.25) is 0 Å². The summed E-state index contributed by atoms with van der Waals surface area (Å²) in [5.41, 5.74) is 0.681. The van der Waals surface area contributed by atoms with E-state index in [0.29, 0.717) is 30.1 Å². The number of aliphatic hydroxyl groups is 8. The Morgan fingerprint density at radius 3 is 2.12 bits per heavy atom. The molecule has 60 heavy (non-hydrogen) atoms. The number of hydrogen-bond acceptors (Lipinski definition) is 16. The molecular formula is C44H70O16. The first-order chi connectivity index (χ1) is 28.4. The fourth-order valence-electron chi connectivity index (χ4n) is 13.8. The maximum atomic E-state index is 11.6. The van der Waals surface area contributed by atoms with Crippen LogP contribution >= 0.6 is 0 Å². The number of rotatable bonds is 6. The lowest BCUT2D eigenvalue weighted by molar-refractivity contribution is -0.391. The van der Waals surface area contributed by atoms with Gasteiger partial charge in [0.05, 0.1) is 43.7 Å². The summed E-state index contributed by atoms with van der Waals surface area (Å²) in [6.45, 7) is 12.8. The monoisotopic (exact) mass is 854 g/mol. The van der Waals surface area contributed by atoms with Crippen molar-refractivity contribution in [2.24, 2.45) is 46.3 Å². The van der Waals surface area contributed by atoms with Crippen molar-refractivity contribution in [1.29, 1.82) is 0 Å². The minimum atomic E-state index is -1.72. The molecule has 8 N–H and O–H groups in total. The largest absolute Gasteiger partial charge is 0.393 e. The Morgan fingerprint density at radius 2 is 1.38 bits per heavy atom. The van der Waals surface area contributed by atoms with E-state index < -0.39 is 109 Å². The molecule has 16 heteroatoms. The van der Waals surface area contributed by atoms with Crippen LogP contribution in [0.5, 0.6) is 0 Å². The predicted octanol–water partition coefficient (Wildman–Crippen LogP) is 0.852. The van der Waals surface area contributed by atoms with Gasteiger partial charge in [-0.15, -0.1) is 0 Å². The lowest BCUT2D eigenvalue weighted by Gasteiger charge is -2.60. The first-order valence-electron chi connectivity index (χ1n) is 22.7. The summed E-state index contributed by atoms with van der Waals surface area (Å²) in [6, 6.07) is 0. The highest BCUT2D eigenvalue weighted by Crippen LogP contribution is 2.71. The number of allylic oxidation sites excluding steroid dienone is 1. The van der Waals surface area contributed by atoms with Crippen LogP contribution in [0.3, 0.4) is 0 Å². The van der Waals surface area contributed by atoms with Gasteiger partial charge in [0.25, 0.3) is 0 Å². The van der Waals surface area contributed by atoms with Crippen LogP contribution in [0, 0.1) is 46.3 Å². The highest BCUT2D eigenvalue weighted by molar-refractivity contribution is 5.29. The second-order valence-corrected chi connectivity index (χ2v) is 20.7. The molecule has 0 amide bonds. The SMILES string of the molecule is C[C@@H]1CC[C@@]2(OC1)O[C@H]1C[C@H]3[C@@H]4CC=C5C[C@H](O)C[C@@H](O[C@@H]6O[C@H](C)[C@H](O)[C@H](O[C@@H]7OC[C@@H](O)[C@H](O)[C@H]7O)[C@H]6O[C@@H]6O[C@@H](C)[C@H](O)[C@@H](O)[C@H]6O)[C@]5(C)[C@H]4CC[C@]3(C)[C@H]1[C@@H]2C. The van der Waals surface area contributed by atoms with Crippen LogP contribution in [0.15, 0.2) is 11.6 Å². The first-order valence-corrected chi connectivity index (χ1v) is 22.7. The van der Waals surface area contributed by atoms with Gasteiger partial charge < -0.3 is 78.7 Å². The maximum absolute atomic E-state index is 11.6. The number of hydrogen-bond donors (Lipinski definition) is 8. The molecule has 3 saturated carbocycles. The molecule has 0 aromatic carbocycles. The Labute approximate surface area is 352 Å². The molecule has 0 radical (unpaired) electrons. The molecule has 0 unspecified atom stereocenters. The van der Waals surface area contributed by atoms with Crippen molar-refractivity contribution in [3.8, 4) is 0 Å². The molecule has 0 aromatic rings. The minimum Gasteiger partial charge on any atom is -0.393 e. The van der Waals surface area contributed by atoms with Crippen molar-refractivity contribution >= 4 is 0 Å². The molecule has 0 aromatic heterocycles. The Kier molecular flexibility index (Phi) is 12.0. The van der Waals surface area contributed by atoms with E-state index in [2.05, 4.69) is 33.8 Å². The van der Waals surface area contributed by atoms with Gasteiger partial charge in [-0.05, 0) is 87.4 Å². The van der Waals surface area contributed by atoms with E-state index in [1.807, 2.05) is 0 Å². The summed E-state index contributed by atoms with van der Waals surface area (Å²) in [6.07, 6.45) is -12.0. The molecular weight excluding hydrogens is 784 g/mol. The average molecular weight is 855 g/mol. The van der Waals surface area contributed by atoms with E-state index >= 15 is 0 Å². The smallest absolute Gasteiger partial charge is 0.187 e. The Morgan fingerprint density at radius 1 is 0.683 bits per heavy atom. The fourth-order valence-corrected chi connectivity index (χ4v) is 13.8. The zero-order chi connectivity index (χ0) is 42.8. The van der Waals surface area contributed by atoms with Gasteiger partial charge in [0.2, 0.25) is 0 Å². The van der Waals surface area contributed by atoms with Crippen molar-refractivity contribution in [3.63, 3.8) is 0 Å².